The molecule has 0 radical (unpaired) electrons. The maximum absolute atomic E-state index is 2.37. The third-order valence-corrected chi connectivity index (χ3v) is 8.19. The van der Waals surface area contributed by atoms with Crippen molar-refractivity contribution in [3.8, 4) is 16.8 Å². The summed E-state index contributed by atoms with van der Waals surface area (Å²) in [5, 5.41) is 5.01. The van der Waals surface area contributed by atoms with E-state index < -0.39 is 0 Å². The van der Waals surface area contributed by atoms with Crippen molar-refractivity contribution < 1.29 is 0 Å². The van der Waals surface area contributed by atoms with Crippen LogP contribution in [0.25, 0.3) is 49.4 Å². The minimum absolute atomic E-state index is 1.14. The van der Waals surface area contributed by atoms with Gasteiger partial charge < -0.3 is 9.47 Å². The largest absolute Gasteiger partial charge is 0.310 e. The molecule has 0 fully saturated rings. The molecule has 2 nitrogen and oxygen atoms in total. The van der Waals surface area contributed by atoms with Crippen molar-refractivity contribution >= 4 is 49.6 Å². The molecule has 0 atom stereocenters. The van der Waals surface area contributed by atoms with Crippen LogP contribution in [0.1, 0.15) is 0 Å². The van der Waals surface area contributed by atoms with Gasteiger partial charge in [0.1, 0.15) is 0 Å². The zero-order chi connectivity index (χ0) is 27.9. The molecule has 8 rings (SSSR count). The quantitative estimate of drug-likeness (QED) is 0.212. The van der Waals surface area contributed by atoms with E-state index in [1.165, 1.54) is 43.7 Å². The van der Waals surface area contributed by atoms with E-state index in [2.05, 4.69) is 179 Å². The van der Waals surface area contributed by atoms with Crippen LogP contribution in [-0.2, 0) is 0 Å². The van der Waals surface area contributed by atoms with E-state index in [4.69, 9.17) is 0 Å². The Hall–Kier alpha value is -5.60. The van der Waals surface area contributed by atoms with Crippen LogP contribution in [0.2, 0.25) is 0 Å². The molecule has 0 N–H and O–H groups in total. The predicted octanol–water partition coefficient (Wildman–Crippen LogP) is 11.1. The predicted molar refractivity (Wildman–Crippen MR) is 178 cm³/mol. The summed E-state index contributed by atoms with van der Waals surface area (Å²) in [6.45, 7) is 0. The Morgan fingerprint density at radius 1 is 0.357 bits per heavy atom. The van der Waals surface area contributed by atoms with Gasteiger partial charge in [-0.3, -0.25) is 0 Å². The van der Waals surface area contributed by atoms with Crippen molar-refractivity contribution in [2.24, 2.45) is 0 Å². The fraction of sp³-hybridized carbons (Fsp3) is 0. The topological polar surface area (TPSA) is 8.17 Å². The third-order valence-electron chi connectivity index (χ3n) is 8.19. The summed E-state index contributed by atoms with van der Waals surface area (Å²) in [7, 11) is 0. The first-order valence-electron chi connectivity index (χ1n) is 14.4. The smallest absolute Gasteiger partial charge is 0.0541 e. The van der Waals surface area contributed by atoms with Crippen molar-refractivity contribution in [2.45, 2.75) is 0 Å². The first-order valence-corrected chi connectivity index (χ1v) is 14.4. The van der Waals surface area contributed by atoms with E-state index in [-0.39, 0.29) is 0 Å². The molecule has 1 heterocycles. The molecule has 8 aromatic rings. The minimum Gasteiger partial charge on any atom is -0.310 e. The lowest BCUT2D eigenvalue weighted by Gasteiger charge is -2.27. The number of benzene rings is 7. The van der Waals surface area contributed by atoms with Crippen molar-refractivity contribution in [1.82, 2.24) is 4.57 Å². The van der Waals surface area contributed by atoms with E-state index in [0.29, 0.717) is 0 Å². The van der Waals surface area contributed by atoms with Crippen LogP contribution in [0, 0.1) is 0 Å². The average molecular weight is 537 g/mol. The molecule has 0 aliphatic carbocycles. The normalized spacial score (nSPS) is 11.3. The van der Waals surface area contributed by atoms with Gasteiger partial charge in [0, 0.05) is 33.2 Å². The van der Waals surface area contributed by atoms with Gasteiger partial charge in [0.05, 0.1) is 16.7 Å². The summed E-state index contributed by atoms with van der Waals surface area (Å²) in [6, 6.07) is 60.8. The minimum atomic E-state index is 1.14. The van der Waals surface area contributed by atoms with Crippen molar-refractivity contribution in [3.63, 3.8) is 0 Å². The zero-order valence-electron chi connectivity index (χ0n) is 23.1. The summed E-state index contributed by atoms with van der Waals surface area (Å²) >= 11 is 0. The van der Waals surface area contributed by atoms with E-state index >= 15 is 0 Å². The molecule has 0 saturated heterocycles. The SMILES string of the molecule is c1ccc(N(c2ccccc2)c2ccc(-c3ccc(-n4c5ccccc5c5ccccc54)cc3)c3ccccc23)cc1. The first kappa shape index (κ1) is 24.2. The lowest BCUT2D eigenvalue weighted by molar-refractivity contribution is 1.18. The number of hydrogen-bond acceptors (Lipinski definition) is 1. The summed E-state index contributed by atoms with van der Waals surface area (Å²) < 4.78 is 2.37. The van der Waals surface area contributed by atoms with Gasteiger partial charge in [-0.2, -0.15) is 0 Å². The molecule has 0 aliphatic rings. The van der Waals surface area contributed by atoms with Crippen LogP contribution < -0.4 is 4.90 Å². The Morgan fingerprint density at radius 3 is 1.40 bits per heavy atom. The molecule has 198 valence electrons. The van der Waals surface area contributed by atoms with Crippen molar-refractivity contribution in [3.05, 3.63) is 170 Å². The Labute approximate surface area is 245 Å². The van der Waals surface area contributed by atoms with Gasteiger partial charge in [0.25, 0.3) is 0 Å². The van der Waals surface area contributed by atoms with Crippen LogP contribution in [0.3, 0.4) is 0 Å². The van der Waals surface area contributed by atoms with Gasteiger partial charge in [0.2, 0.25) is 0 Å². The molecule has 42 heavy (non-hydrogen) atoms. The van der Waals surface area contributed by atoms with Gasteiger partial charge >= 0.3 is 0 Å². The molecule has 0 bridgehead atoms. The maximum atomic E-state index is 2.37. The van der Waals surface area contributed by atoms with E-state index in [9.17, 15) is 0 Å². The highest BCUT2D eigenvalue weighted by molar-refractivity contribution is 6.09. The Balaban J connectivity index is 1.26. The monoisotopic (exact) mass is 536 g/mol. The fourth-order valence-corrected chi connectivity index (χ4v) is 6.30. The van der Waals surface area contributed by atoms with E-state index in [1.54, 1.807) is 0 Å². The van der Waals surface area contributed by atoms with Crippen LogP contribution in [0.15, 0.2) is 170 Å². The van der Waals surface area contributed by atoms with Gasteiger partial charge in [-0.25, -0.2) is 0 Å². The molecule has 2 heteroatoms. The number of nitrogens with zero attached hydrogens (tertiary/aromatic N) is 2. The number of anilines is 3. The average Bonchev–Trinajstić information content (AvgIpc) is 3.41. The Bertz CT molecular complexity index is 2080. The zero-order valence-corrected chi connectivity index (χ0v) is 23.1. The molecule has 0 amide bonds. The summed E-state index contributed by atoms with van der Waals surface area (Å²) in [6.07, 6.45) is 0. The highest BCUT2D eigenvalue weighted by Gasteiger charge is 2.17. The lowest BCUT2D eigenvalue weighted by Crippen LogP contribution is -2.10. The molecular weight excluding hydrogens is 508 g/mol. The fourth-order valence-electron chi connectivity index (χ4n) is 6.30. The number of aromatic nitrogens is 1. The first-order chi connectivity index (χ1) is 20.9. The maximum Gasteiger partial charge on any atom is 0.0541 e. The van der Waals surface area contributed by atoms with Crippen LogP contribution in [-0.4, -0.2) is 4.57 Å². The van der Waals surface area contributed by atoms with Gasteiger partial charge in [-0.1, -0.05) is 115 Å². The van der Waals surface area contributed by atoms with Gasteiger partial charge in [-0.05, 0) is 71.1 Å². The summed E-state index contributed by atoms with van der Waals surface area (Å²) in [5.74, 6) is 0. The van der Waals surface area contributed by atoms with Crippen LogP contribution in [0.4, 0.5) is 17.1 Å². The van der Waals surface area contributed by atoms with Crippen molar-refractivity contribution in [2.75, 3.05) is 4.90 Å². The van der Waals surface area contributed by atoms with Crippen LogP contribution in [0.5, 0.6) is 0 Å². The number of hydrogen-bond donors (Lipinski definition) is 0. The van der Waals surface area contributed by atoms with Crippen molar-refractivity contribution in [1.29, 1.82) is 0 Å². The molecule has 0 spiro atoms. The molecule has 1 aromatic heterocycles. The number of para-hydroxylation sites is 4. The Kier molecular flexibility index (Phi) is 5.82. The van der Waals surface area contributed by atoms with Gasteiger partial charge in [0.15, 0.2) is 0 Å². The third kappa shape index (κ3) is 3.96. The molecular formula is C40H28N2. The van der Waals surface area contributed by atoms with E-state index in [1.807, 2.05) is 0 Å². The molecule has 0 saturated carbocycles. The Morgan fingerprint density at radius 2 is 0.833 bits per heavy atom. The standard InChI is InChI=1S/C40H28N2/c1-3-13-30(14-4-1)41(31-15-5-2-6-16-31)40-28-27-33(34-17-7-8-18-35(34)40)29-23-25-32(26-24-29)42-38-21-11-9-19-36(38)37-20-10-12-22-39(37)42/h1-28H. The second-order valence-electron chi connectivity index (χ2n) is 10.6. The molecule has 7 aromatic carbocycles. The molecule has 0 aliphatic heterocycles. The summed E-state index contributed by atoms with van der Waals surface area (Å²) in [5.41, 5.74) is 9.48. The van der Waals surface area contributed by atoms with Gasteiger partial charge in [-0.15, -0.1) is 0 Å². The highest BCUT2D eigenvalue weighted by atomic mass is 15.1. The van der Waals surface area contributed by atoms with Crippen LogP contribution >= 0.6 is 0 Å². The number of fused-ring (bicyclic) bond motifs is 4. The second-order valence-corrected chi connectivity index (χ2v) is 10.6. The summed E-state index contributed by atoms with van der Waals surface area (Å²) in [4.78, 5) is 2.34. The molecule has 0 unspecified atom stereocenters. The number of rotatable bonds is 5. The highest BCUT2D eigenvalue weighted by Crippen LogP contribution is 2.42. The second kappa shape index (κ2) is 10.1. The van der Waals surface area contributed by atoms with E-state index in [0.717, 1.165) is 22.7 Å². The lowest BCUT2D eigenvalue weighted by atomic mass is 9.96.